The van der Waals surface area contributed by atoms with Crippen LogP contribution in [0, 0.1) is 31.2 Å². The maximum absolute atomic E-state index is 13.1. The smallest absolute Gasteiger partial charge is 0.244 e. The van der Waals surface area contributed by atoms with Gasteiger partial charge in [-0.15, -0.1) is 5.10 Å². The van der Waals surface area contributed by atoms with Crippen molar-refractivity contribution >= 4 is 45.2 Å². The lowest BCUT2D eigenvalue weighted by Crippen LogP contribution is -2.21. The molecule has 0 unspecified atom stereocenters. The summed E-state index contributed by atoms with van der Waals surface area (Å²) < 4.78 is 26.4. The second kappa shape index (κ2) is 8.43. The van der Waals surface area contributed by atoms with Crippen molar-refractivity contribution in [1.29, 1.82) is 5.26 Å². The van der Waals surface area contributed by atoms with Gasteiger partial charge in [0.2, 0.25) is 11.8 Å². The largest absolute Gasteiger partial charge is 0.487 e. The van der Waals surface area contributed by atoms with Crippen molar-refractivity contribution in [3.05, 3.63) is 83.2 Å². The van der Waals surface area contributed by atoms with E-state index in [0.717, 1.165) is 35.3 Å². The number of benzene rings is 2. The predicted molar refractivity (Wildman–Crippen MR) is 125 cm³/mol. The summed E-state index contributed by atoms with van der Waals surface area (Å²) in [5.74, 6) is 0.513. The average Bonchev–Trinajstić information content (AvgIpc) is 3.07. The number of aryl methyl sites for hydroxylation is 1. The highest BCUT2D eigenvalue weighted by Crippen LogP contribution is 2.44. The Morgan fingerprint density at radius 1 is 1.27 bits per heavy atom. The molecule has 4 rings (SSSR count). The van der Waals surface area contributed by atoms with Gasteiger partial charge in [0.15, 0.2) is 0 Å². The molecule has 3 aromatic rings. The van der Waals surface area contributed by atoms with Gasteiger partial charge in [0.05, 0.1) is 13.1 Å². The molecular weight excluding hydrogens is 613 g/mol. The van der Waals surface area contributed by atoms with Crippen LogP contribution in [0.1, 0.15) is 28.3 Å². The highest BCUT2D eigenvalue weighted by Gasteiger charge is 2.34. The first-order valence-corrected chi connectivity index (χ1v) is 11.0. The van der Waals surface area contributed by atoms with Crippen LogP contribution in [0.2, 0.25) is 0 Å². The van der Waals surface area contributed by atoms with Gasteiger partial charge in [0.25, 0.3) is 0 Å². The number of fused-ring (bicyclic) bond motifs is 1. The lowest BCUT2D eigenvalue weighted by molar-refractivity contribution is 0.301. The van der Waals surface area contributed by atoms with Gasteiger partial charge in [-0.05, 0) is 87.5 Å². The number of ether oxygens (including phenoxy) is 2. The molecule has 3 N–H and O–H groups in total. The van der Waals surface area contributed by atoms with E-state index in [0.29, 0.717) is 18.1 Å². The quantitative estimate of drug-likeness (QED) is 0.403. The number of aromatic nitrogens is 2. The van der Waals surface area contributed by atoms with Gasteiger partial charge in [-0.25, -0.2) is 4.39 Å². The summed E-state index contributed by atoms with van der Waals surface area (Å²) in [4.78, 5) is 0. The summed E-state index contributed by atoms with van der Waals surface area (Å²) in [6, 6.07) is 12.3. The Morgan fingerprint density at radius 3 is 2.57 bits per heavy atom. The number of nitrogens with one attached hydrogen (secondary N) is 1. The number of H-pyrrole nitrogens is 1. The van der Waals surface area contributed by atoms with Crippen LogP contribution in [0.5, 0.6) is 11.6 Å². The Kier molecular flexibility index (Phi) is 5.88. The van der Waals surface area contributed by atoms with E-state index < -0.39 is 0 Å². The van der Waals surface area contributed by atoms with Gasteiger partial charge in [0, 0.05) is 11.3 Å². The van der Waals surface area contributed by atoms with E-state index in [1.54, 1.807) is 12.1 Å². The van der Waals surface area contributed by atoms with E-state index in [1.165, 1.54) is 12.1 Å². The van der Waals surface area contributed by atoms with Crippen LogP contribution in [0.25, 0.3) is 0 Å². The molecule has 0 spiro atoms. The number of rotatable bonds is 4. The number of hydrogen-bond donors (Lipinski definition) is 2. The van der Waals surface area contributed by atoms with Crippen LogP contribution in [0.3, 0.4) is 0 Å². The lowest BCUT2D eigenvalue weighted by Gasteiger charge is -2.24. The van der Waals surface area contributed by atoms with Crippen molar-refractivity contribution in [2.45, 2.75) is 19.4 Å². The molecule has 1 aliphatic heterocycles. The number of hydrogen-bond acceptors (Lipinski definition) is 5. The molecule has 0 bridgehead atoms. The molecule has 9 heteroatoms. The van der Waals surface area contributed by atoms with Crippen molar-refractivity contribution in [2.24, 2.45) is 5.73 Å². The van der Waals surface area contributed by atoms with Crippen molar-refractivity contribution in [3.8, 4) is 17.7 Å². The third-order valence-corrected chi connectivity index (χ3v) is 6.38. The number of allylic oxidation sites excluding steroid dienone is 1. The highest BCUT2D eigenvalue weighted by atomic mass is 127. The van der Waals surface area contributed by atoms with Gasteiger partial charge in [0.1, 0.15) is 29.8 Å². The molecule has 0 amide bonds. The number of nitrogens with two attached hydrogens (primary N) is 1. The maximum Gasteiger partial charge on any atom is 0.244 e. The normalized spacial score (nSPS) is 15.4. The van der Waals surface area contributed by atoms with Crippen LogP contribution < -0.4 is 15.2 Å². The first kappa shape index (κ1) is 20.9. The van der Waals surface area contributed by atoms with Crippen molar-refractivity contribution < 1.29 is 13.9 Å². The second-order valence-electron chi connectivity index (χ2n) is 6.72. The molecule has 0 aliphatic carbocycles. The molecule has 0 saturated carbocycles. The third-order valence-electron chi connectivity index (χ3n) is 4.78. The summed E-state index contributed by atoms with van der Waals surface area (Å²) in [6.07, 6.45) is 0. The van der Waals surface area contributed by atoms with Crippen LogP contribution in [-0.2, 0) is 6.61 Å². The van der Waals surface area contributed by atoms with Crippen LogP contribution in [-0.4, -0.2) is 10.2 Å². The Labute approximate surface area is 199 Å². The van der Waals surface area contributed by atoms with Gasteiger partial charge < -0.3 is 15.2 Å². The zero-order chi connectivity index (χ0) is 21.4. The molecule has 1 aromatic heterocycles. The molecular formula is C21H15FI2N4O2. The molecule has 0 fully saturated rings. The van der Waals surface area contributed by atoms with E-state index >= 15 is 0 Å². The van der Waals surface area contributed by atoms with Crippen LogP contribution in [0.15, 0.2) is 47.9 Å². The molecule has 0 radical (unpaired) electrons. The van der Waals surface area contributed by atoms with Gasteiger partial charge in [-0.3, -0.25) is 5.10 Å². The number of aromatic amines is 1. The lowest BCUT2D eigenvalue weighted by atomic mass is 9.84. The second-order valence-corrected chi connectivity index (χ2v) is 9.05. The first-order valence-electron chi connectivity index (χ1n) is 8.87. The molecule has 6 nitrogen and oxygen atoms in total. The SMILES string of the molecule is Cc1[nH]nc2c1[C@@H](c1cc(I)c(OCc3ccc(F)cc3)c(I)c1)C(C#N)=C(N)O2. The minimum absolute atomic E-state index is 0.0585. The monoisotopic (exact) mass is 628 g/mol. The van der Waals surface area contributed by atoms with Gasteiger partial charge in [-0.2, -0.15) is 5.26 Å². The molecule has 1 aliphatic rings. The zero-order valence-electron chi connectivity index (χ0n) is 15.7. The van der Waals surface area contributed by atoms with E-state index in [2.05, 4.69) is 61.4 Å². The Morgan fingerprint density at radius 2 is 1.93 bits per heavy atom. The fourth-order valence-corrected chi connectivity index (χ4v) is 5.48. The van der Waals surface area contributed by atoms with E-state index in [4.69, 9.17) is 15.2 Å². The summed E-state index contributed by atoms with van der Waals surface area (Å²) >= 11 is 4.42. The summed E-state index contributed by atoms with van der Waals surface area (Å²) in [7, 11) is 0. The van der Waals surface area contributed by atoms with E-state index in [1.807, 2.05) is 19.1 Å². The minimum Gasteiger partial charge on any atom is -0.487 e. The number of nitriles is 1. The Bertz CT molecular complexity index is 1180. The molecule has 30 heavy (non-hydrogen) atoms. The summed E-state index contributed by atoms with van der Waals surface area (Å²) in [5.41, 5.74) is 9.72. The van der Waals surface area contributed by atoms with Crippen molar-refractivity contribution in [2.75, 3.05) is 0 Å². The molecule has 2 heterocycles. The average molecular weight is 628 g/mol. The van der Waals surface area contributed by atoms with Gasteiger partial charge in [-0.1, -0.05) is 12.1 Å². The topological polar surface area (TPSA) is 97.0 Å². The van der Waals surface area contributed by atoms with Crippen molar-refractivity contribution in [3.63, 3.8) is 0 Å². The van der Waals surface area contributed by atoms with E-state index in [-0.39, 0.29) is 17.6 Å². The summed E-state index contributed by atoms with van der Waals surface area (Å²) in [5, 5.41) is 16.8. The molecule has 0 saturated heterocycles. The number of nitrogens with zero attached hydrogens (tertiary/aromatic N) is 2. The van der Waals surface area contributed by atoms with Crippen LogP contribution >= 0.6 is 45.2 Å². The summed E-state index contributed by atoms with van der Waals surface area (Å²) in [6.45, 7) is 2.21. The number of halogens is 3. The molecule has 1 atom stereocenters. The maximum atomic E-state index is 13.1. The Balaban J connectivity index is 1.70. The van der Waals surface area contributed by atoms with E-state index in [9.17, 15) is 9.65 Å². The molecule has 2 aromatic carbocycles. The highest BCUT2D eigenvalue weighted by molar-refractivity contribution is 14.1. The first-order chi connectivity index (χ1) is 14.4. The predicted octanol–water partition coefficient (Wildman–Crippen LogP) is 4.86. The van der Waals surface area contributed by atoms with Gasteiger partial charge >= 0.3 is 0 Å². The fraction of sp³-hybridized carbons (Fsp3) is 0.143. The Hall–Kier alpha value is -2.33. The molecule has 152 valence electrons. The van der Waals surface area contributed by atoms with Crippen molar-refractivity contribution in [1.82, 2.24) is 10.2 Å². The fourth-order valence-electron chi connectivity index (χ4n) is 3.35. The third kappa shape index (κ3) is 3.85. The van der Waals surface area contributed by atoms with Crippen LogP contribution in [0.4, 0.5) is 4.39 Å². The minimum atomic E-state index is -0.384. The standard InChI is InChI=1S/C21H15FI2N4O2/c1-10-17-18(14(8-25)20(26)30-21(17)28-27-10)12-6-15(23)19(16(24)7-12)29-9-11-2-4-13(22)5-3-11/h2-7,18H,9,26H2,1H3,(H,27,28)/t18-/m0/s1. The zero-order valence-corrected chi connectivity index (χ0v) is 20.0.